The highest BCUT2D eigenvalue weighted by Crippen LogP contribution is 2.20. The van der Waals surface area contributed by atoms with Crippen LogP contribution in [0.25, 0.3) is 0 Å². The predicted molar refractivity (Wildman–Crippen MR) is 70.9 cm³/mol. The molecule has 0 aliphatic rings. The van der Waals surface area contributed by atoms with Crippen molar-refractivity contribution in [1.29, 1.82) is 0 Å². The lowest BCUT2D eigenvalue weighted by Crippen LogP contribution is -2.30. The van der Waals surface area contributed by atoms with E-state index in [4.69, 9.17) is 11.6 Å². The Morgan fingerprint density at radius 2 is 2.26 bits per heavy atom. The van der Waals surface area contributed by atoms with Gasteiger partial charge in [-0.3, -0.25) is 14.8 Å². The van der Waals surface area contributed by atoms with Crippen LogP contribution in [0.5, 0.6) is 0 Å². The SMILES string of the molecule is Cn1c(N)nnc1SCc1cccc(C(=O)NN)n1. The van der Waals surface area contributed by atoms with Gasteiger partial charge in [0.2, 0.25) is 5.95 Å². The van der Waals surface area contributed by atoms with Gasteiger partial charge in [-0.05, 0) is 12.1 Å². The maximum atomic E-state index is 11.3. The first kappa shape index (κ1) is 13.3. The van der Waals surface area contributed by atoms with Crippen LogP contribution in [0.4, 0.5) is 5.95 Å². The van der Waals surface area contributed by atoms with E-state index < -0.39 is 5.91 Å². The van der Waals surface area contributed by atoms with E-state index >= 15 is 0 Å². The minimum Gasteiger partial charge on any atom is -0.368 e. The Bertz CT molecular complexity index is 597. The number of pyridine rings is 1. The molecule has 9 heteroatoms. The number of rotatable bonds is 4. The van der Waals surface area contributed by atoms with E-state index in [1.54, 1.807) is 23.7 Å². The number of anilines is 1. The van der Waals surface area contributed by atoms with Gasteiger partial charge in [0.05, 0.1) is 5.69 Å². The number of thioether (sulfide) groups is 1. The third-order valence-corrected chi connectivity index (χ3v) is 3.44. The Labute approximate surface area is 113 Å². The maximum Gasteiger partial charge on any atom is 0.283 e. The summed E-state index contributed by atoms with van der Waals surface area (Å²) in [6.07, 6.45) is 0. The summed E-state index contributed by atoms with van der Waals surface area (Å²) in [5.41, 5.74) is 8.65. The number of hydrogen-bond acceptors (Lipinski definition) is 7. The van der Waals surface area contributed by atoms with E-state index in [1.165, 1.54) is 11.8 Å². The van der Waals surface area contributed by atoms with Gasteiger partial charge in [-0.2, -0.15) is 0 Å². The van der Waals surface area contributed by atoms with Crippen LogP contribution in [0.15, 0.2) is 23.4 Å². The first-order chi connectivity index (χ1) is 9.11. The van der Waals surface area contributed by atoms with Crippen LogP contribution in [0.1, 0.15) is 16.2 Å². The summed E-state index contributed by atoms with van der Waals surface area (Å²) in [5.74, 6) is 5.55. The van der Waals surface area contributed by atoms with Crippen molar-refractivity contribution < 1.29 is 4.79 Å². The number of hydrogen-bond donors (Lipinski definition) is 3. The third kappa shape index (κ3) is 3.01. The summed E-state index contributed by atoms with van der Waals surface area (Å²) in [5, 5.41) is 8.37. The van der Waals surface area contributed by atoms with Gasteiger partial charge in [0.25, 0.3) is 5.91 Å². The Hall–Kier alpha value is -2.13. The lowest BCUT2D eigenvalue weighted by molar-refractivity contribution is 0.0948. The normalized spacial score (nSPS) is 10.4. The van der Waals surface area contributed by atoms with E-state index in [9.17, 15) is 4.79 Å². The number of aromatic nitrogens is 4. The molecule has 0 radical (unpaired) electrons. The molecule has 0 bridgehead atoms. The second-order valence-electron chi connectivity index (χ2n) is 3.68. The molecule has 0 saturated heterocycles. The van der Waals surface area contributed by atoms with E-state index in [2.05, 4.69) is 15.2 Å². The van der Waals surface area contributed by atoms with Crippen LogP contribution >= 0.6 is 11.8 Å². The Morgan fingerprint density at radius 1 is 1.47 bits per heavy atom. The molecule has 0 fully saturated rings. The minimum absolute atomic E-state index is 0.276. The molecule has 0 aromatic carbocycles. The number of nitrogens with two attached hydrogens (primary N) is 2. The zero-order valence-corrected chi connectivity index (χ0v) is 11.0. The Morgan fingerprint density at radius 3 is 2.89 bits per heavy atom. The number of hydrazine groups is 1. The molecule has 100 valence electrons. The molecule has 0 spiro atoms. The molecule has 19 heavy (non-hydrogen) atoms. The van der Waals surface area contributed by atoms with E-state index in [-0.39, 0.29) is 5.69 Å². The fourth-order valence-corrected chi connectivity index (χ4v) is 2.17. The molecule has 2 aromatic rings. The van der Waals surface area contributed by atoms with E-state index in [0.717, 1.165) is 5.69 Å². The van der Waals surface area contributed by atoms with Gasteiger partial charge in [0.15, 0.2) is 5.16 Å². The number of nitrogens with zero attached hydrogens (tertiary/aromatic N) is 4. The largest absolute Gasteiger partial charge is 0.368 e. The van der Waals surface area contributed by atoms with E-state index in [0.29, 0.717) is 16.9 Å². The topological polar surface area (TPSA) is 125 Å². The number of nitrogen functional groups attached to an aromatic ring is 2. The van der Waals surface area contributed by atoms with Crippen molar-refractivity contribution in [3.05, 3.63) is 29.6 Å². The lowest BCUT2D eigenvalue weighted by atomic mass is 10.3. The van der Waals surface area contributed by atoms with Gasteiger partial charge < -0.3 is 5.73 Å². The molecule has 0 aliphatic heterocycles. The summed E-state index contributed by atoms with van der Waals surface area (Å²) in [6, 6.07) is 5.16. The average molecular weight is 279 g/mol. The van der Waals surface area contributed by atoms with Gasteiger partial charge in [0.1, 0.15) is 5.69 Å². The molecule has 0 saturated carbocycles. The third-order valence-electron chi connectivity index (χ3n) is 2.39. The predicted octanol–water partition coefficient (Wildman–Crippen LogP) is -0.312. The van der Waals surface area contributed by atoms with Crippen molar-refractivity contribution in [2.75, 3.05) is 5.73 Å². The van der Waals surface area contributed by atoms with Gasteiger partial charge in [0, 0.05) is 12.8 Å². The molecule has 1 amide bonds. The summed E-state index contributed by atoms with van der Waals surface area (Å²) >= 11 is 1.43. The van der Waals surface area contributed by atoms with Crippen LogP contribution in [-0.2, 0) is 12.8 Å². The summed E-state index contributed by atoms with van der Waals surface area (Å²) in [7, 11) is 1.78. The minimum atomic E-state index is -0.422. The number of nitrogens with one attached hydrogen (secondary N) is 1. The molecule has 0 unspecified atom stereocenters. The fraction of sp³-hybridized carbons (Fsp3) is 0.200. The Kier molecular flexibility index (Phi) is 3.97. The van der Waals surface area contributed by atoms with Crippen LogP contribution in [0.3, 0.4) is 0 Å². The average Bonchev–Trinajstić information content (AvgIpc) is 2.76. The zero-order chi connectivity index (χ0) is 13.8. The molecular formula is C10H13N7OS. The standard InChI is InChI=1S/C10H13N7OS/c1-17-9(11)15-16-10(17)19-5-6-3-2-4-7(13-6)8(18)14-12/h2-4H,5,12H2,1H3,(H2,11,15)(H,14,18). The van der Waals surface area contributed by atoms with Crippen molar-refractivity contribution in [1.82, 2.24) is 25.2 Å². The Balaban J connectivity index is 2.07. The van der Waals surface area contributed by atoms with Crippen LogP contribution in [0, 0.1) is 0 Å². The molecule has 8 nitrogen and oxygen atoms in total. The summed E-state index contributed by atoms with van der Waals surface area (Å²) in [6.45, 7) is 0. The first-order valence-corrected chi connectivity index (χ1v) is 6.35. The summed E-state index contributed by atoms with van der Waals surface area (Å²) < 4.78 is 1.68. The highest BCUT2D eigenvalue weighted by atomic mass is 32.2. The van der Waals surface area contributed by atoms with Crippen LogP contribution < -0.4 is 17.0 Å². The molecule has 2 aromatic heterocycles. The van der Waals surface area contributed by atoms with Gasteiger partial charge >= 0.3 is 0 Å². The summed E-state index contributed by atoms with van der Waals surface area (Å²) in [4.78, 5) is 15.5. The highest BCUT2D eigenvalue weighted by molar-refractivity contribution is 7.98. The van der Waals surface area contributed by atoms with Gasteiger partial charge in [-0.1, -0.05) is 17.8 Å². The number of carbonyl (C=O) groups excluding carboxylic acids is 1. The first-order valence-electron chi connectivity index (χ1n) is 5.36. The maximum absolute atomic E-state index is 11.3. The lowest BCUT2D eigenvalue weighted by Gasteiger charge is -2.03. The molecule has 2 rings (SSSR count). The smallest absolute Gasteiger partial charge is 0.283 e. The highest BCUT2D eigenvalue weighted by Gasteiger charge is 2.09. The molecule has 0 aliphatic carbocycles. The second-order valence-corrected chi connectivity index (χ2v) is 4.62. The number of carbonyl (C=O) groups is 1. The zero-order valence-electron chi connectivity index (χ0n) is 10.2. The van der Waals surface area contributed by atoms with Crippen molar-refractivity contribution in [3.63, 3.8) is 0 Å². The van der Waals surface area contributed by atoms with Crippen molar-refractivity contribution >= 4 is 23.6 Å². The second kappa shape index (κ2) is 5.67. The molecule has 2 heterocycles. The van der Waals surface area contributed by atoms with Crippen LogP contribution in [0.2, 0.25) is 0 Å². The van der Waals surface area contributed by atoms with Crippen molar-refractivity contribution in [2.45, 2.75) is 10.9 Å². The van der Waals surface area contributed by atoms with E-state index in [1.807, 2.05) is 11.5 Å². The molecule has 0 atom stereocenters. The molecule has 5 N–H and O–H groups in total. The molecular weight excluding hydrogens is 266 g/mol. The monoisotopic (exact) mass is 279 g/mol. The van der Waals surface area contributed by atoms with Crippen molar-refractivity contribution in [2.24, 2.45) is 12.9 Å². The fourth-order valence-electron chi connectivity index (χ4n) is 1.35. The van der Waals surface area contributed by atoms with Crippen molar-refractivity contribution in [3.8, 4) is 0 Å². The van der Waals surface area contributed by atoms with Crippen LogP contribution in [-0.4, -0.2) is 25.7 Å². The quantitative estimate of drug-likeness (QED) is 0.303. The van der Waals surface area contributed by atoms with Gasteiger partial charge in [-0.15, -0.1) is 10.2 Å². The number of amides is 1. The van der Waals surface area contributed by atoms with Gasteiger partial charge in [-0.25, -0.2) is 10.8 Å².